The van der Waals surface area contributed by atoms with Crippen molar-refractivity contribution in [2.24, 2.45) is 0 Å². The third-order valence-corrected chi connectivity index (χ3v) is 5.35. The zero-order chi connectivity index (χ0) is 19.1. The second-order valence-electron chi connectivity index (χ2n) is 8.49. The smallest absolute Gasteiger partial charge is 0.248 e. The van der Waals surface area contributed by atoms with Gasteiger partial charge in [-0.15, -0.1) is 0 Å². The summed E-state index contributed by atoms with van der Waals surface area (Å²) in [6.45, 7) is 9.30. The topological polar surface area (TPSA) is 81.7 Å². The average molecular weight is 359 g/mol. The van der Waals surface area contributed by atoms with Gasteiger partial charge in [0.2, 0.25) is 11.8 Å². The van der Waals surface area contributed by atoms with Crippen molar-refractivity contribution < 1.29 is 14.7 Å². The lowest BCUT2D eigenvalue weighted by Crippen LogP contribution is -2.64. The minimum atomic E-state index is -0.888. The summed E-state index contributed by atoms with van der Waals surface area (Å²) in [5.41, 5.74) is 2.61. The van der Waals surface area contributed by atoms with Gasteiger partial charge in [-0.05, 0) is 29.9 Å². The van der Waals surface area contributed by atoms with Crippen molar-refractivity contribution in [3.8, 4) is 0 Å². The Kier molecular flexibility index (Phi) is 5.08. The van der Waals surface area contributed by atoms with Crippen molar-refractivity contribution in [3.05, 3.63) is 35.4 Å². The predicted octanol–water partition coefficient (Wildman–Crippen LogP) is 0.922. The Bertz CT molecular complexity index is 679. The number of hydrogen-bond acceptors (Lipinski definition) is 4. The van der Waals surface area contributed by atoms with Gasteiger partial charge in [0.05, 0.1) is 6.10 Å². The minimum Gasteiger partial charge on any atom is -0.391 e. The first kappa shape index (κ1) is 18.9. The summed E-state index contributed by atoms with van der Waals surface area (Å²) in [7, 11) is 0. The van der Waals surface area contributed by atoms with Crippen molar-refractivity contribution in [3.63, 3.8) is 0 Å². The highest BCUT2D eigenvalue weighted by atomic mass is 16.3. The third kappa shape index (κ3) is 3.76. The number of rotatable bonds is 4. The Morgan fingerprint density at radius 2 is 1.92 bits per heavy atom. The second-order valence-corrected chi connectivity index (χ2v) is 8.49. The van der Waals surface area contributed by atoms with Crippen LogP contribution in [0.2, 0.25) is 0 Å². The number of nitrogens with zero attached hydrogens (tertiary/aromatic N) is 1. The lowest BCUT2D eigenvalue weighted by atomic mass is 9.87. The number of benzene rings is 1. The van der Waals surface area contributed by atoms with Gasteiger partial charge in [-0.1, -0.05) is 45.0 Å². The van der Waals surface area contributed by atoms with Crippen LogP contribution in [0.25, 0.3) is 0 Å². The fourth-order valence-electron chi connectivity index (χ4n) is 3.68. The van der Waals surface area contributed by atoms with E-state index in [9.17, 15) is 14.7 Å². The molecule has 0 aromatic heterocycles. The molecule has 142 valence electrons. The van der Waals surface area contributed by atoms with Crippen molar-refractivity contribution >= 4 is 11.8 Å². The lowest BCUT2D eigenvalue weighted by Gasteiger charge is -2.35. The summed E-state index contributed by atoms with van der Waals surface area (Å²) in [4.78, 5) is 26.3. The Morgan fingerprint density at radius 3 is 2.50 bits per heavy atom. The summed E-state index contributed by atoms with van der Waals surface area (Å²) in [5.74, 6) is -0.363. The molecule has 2 heterocycles. The van der Waals surface area contributed by atoms with Crippen molar-refractivity contribution in [1.29, 1.82) is 0 Å². The van der Waals surface area contributed by atoms with Crippen LogP contribution in [-0.4, -0.2) is 52.6 Å². The molecule has 0 radical (unpaired) electrons. The van der Waals surface area contributed by atoms with Gasteiger partial charge in [0, 0.05) is 19.1 Å². The lowest BCUT2D eigenvalue weighted by molar-refractivity contribution is -0.149. The molecule has 2 saturated heterocycles. The molecule has 26 heavy (non-hydrogen) atoms. The van der Waals surface area contributed by atoms with Crippen molar-refractivity contribution in [2.75, 3.05) is 6.54 Å². The zero-order valence-corrected chi connectivity index (χ0v) is 16.0. The number of aliphatic hydroxyl groups excluding tert-OH is 1. The fourth-order valence-corrected chi connectivity index (χ4v) is 3.68. The summed E-state index contributed by atoms with van der Waals surface area (Å²) in [6, 6.07) is 7.36. The summed E-state index contributed by atoms with van der Waals surface area (Å²) >= 11 is 0. The molecule has 3 N–H and O–H groups in total. The predicted molar refractivity (Wildman–Crippen MR) is 99.5 cm³/mol. The van der Waals surface area contributed by atoms with E-state index in [1.54, 1.807) is 4.90 Å². The largest absolute Gasteiger partial charge is 0.391 e. The van der Waals surface area contributed by atoms with E-state index < -0.39 is 18.2 Å². The van der Waals surface area contributed by atoms with Crippen molar-refractivity contribution in [1.82, 2.24) is 15.5 Å². The number of amides is 2. The van der Waals surface area contributed by atoms with Crippen LogP contribution in [0, 0.1) is 0 Å². The van der Waals surface area contributed by atoms with Crippen LogP contribution in [-0.2, 0) is 21.5 Å². The molecule has 1 aromatic rings. The normalized spacial score (nSPS) is 27.3. The molecule has 2 aliphatic heterocycles. The standard InChI is InChI=1S/C20H29N3O3/c1-12(24)17-19(26)23-11-15(9-16(23)18(25)22-17)21-10-13-5-7-14(8-6-13)20(2,3)4/h5-8,12,15-17,21,24H,9-11H2,1-4H3,(H,22,25)/t12-,15-,16-,17+/m0/s1. The van der Waals surface area contributed by atoms with E-state index >= 15 is 0 Å². The van der Waals surface area contributed by atoms with Crippen LogP contribution < -0.4 is 10.6 Å². The van der Waals surface area contributed by atoms with Gasteiger partial charge in [0.25, 0.3) is 0 Å². The second kappa shape index (κ2) is 7.00. The van der Waals surface area contributed by atoms with Crippen LogP contribution in [0.4, 0.5) is 0 Å². The summed E-state index contributed by atoms with van der Waals surface area (Å²) in [6.07, 6.45) is -0.287. The first-order valence-electron chi connectivity index (χ1n) is 9.28. The highest BCUT2D eigenvalue weighted by Gasteiger charge is 2.47. The van der Waals surface area contributed by atoms with Gasteiger partial charge in [0.15, 0.2) is 0 Å². The molecule has 0 aliphatic carbocycles. The SMILES string of the molecule is C[C@H](O)[C@H]1NC(=O)[C@@H]2C[C@H](NCc3ccc(C(C)(C)C)cc3)CN2C1=O. The van der Waals surface area contributed by atoms with Gasteiger partial charge in [-0.3, -0.25) is 9.59 Å². The molecule has 6 nitrogen and oxygen atoms in total. The number of nitrogens with one attached hydrogen (secondary N) is 2. The monoisotopic (exact) mass is 359 g/mol. The fraction of sp³-hybridized carbons (Fsp3) is 0.600. The minimum absolute atomic E-state index is 0.0738. The molecular weight excluding hydrogens is 330 g/mol. The maximum Gasteiger partial charge on any atom is 0.248 e. The van der Waals surface area contributed by atoms with Crippen LogP contribution in [0.1, 0.15) is 45.2 Å². The zero-order valence-electron chi connectivity index (χ0n) is 16.0. The maximum atomic E-state index is 12.5. The molecule has 0 saturated carbocycles. The third-order valence-electron chi connectivity index (χ3n) is 5.35. The Hall–Kier alpha value is -1.92. The number of carbonyl (C=O) groups is 2. The van der Waals surface area contributed by atoms with Gasteiger partial charge >= 0.3 is 0 Å². The number of aliphatic hydroxyl groups is 1. The number of piperazine rings is 1. The molecular formula is C20H29N3O3. The molecule has 6 heteroatoms. The molecule has 0 unspecified atom stereocenters. The van der Waals surface area contributed by atoms with Gasteiger partial charge in [-0.2, -0.15) is 0 Å². The molecule has 4 atom stereocenters. The van der Waals surface area contributed by atoms with E-state index in [-0.39, 0.29) is 23.3 Å². The van der Waals surface area contributed by atoms with E-state index in [2.05, 4.69) is 55.7 Å². The molecule has 1 aromatic carbocycles. The first-order valence-corrected chi connectivity index (χ1v) is 9.28. The Morgan fingerprint density at radius 1 is 1.27 bits per heavy atom. The molecule has 2 aliphatic rings. The molecule has 0 bridgehead atoms. The van der Waals surface area contributed by atoms with E-state index in [0.29, 0.717) is 19.5 Å². The van der Waals surface area contributed by atoms with Crippen molar-refractivity contribution in [2.45, 2.75) is 70.3 Å². The van der Waals surface area contributed by atoms with Crippen LogP contribution >= 0.6 is 0 Å². The van der Waals surface area contributed by atoms with E-state index in [4.69, 9.17) is 0 Å². The van der Waals surface area contributed by atoms with E-state index in [1.165, 1.54) is 18.1 Å². The van der Waals surface area contributed by atoms with Gasteiger partial charge in [0.1, 0.15) is 12.1 Å². The van der Waals surface area contributed by atoms with Gasteiger partial charge in [-0.25, -0.2) is 0 Å². The first-order chi connectivity index (χ1) is 12.2. The summed E-state index contributed by atoms with van der Waals surface area (Å²) < 4.78 is 0. The molecule has 2 amide bonds. The van der Waals surface area contributed by atoms with Crippen LogP contribution in [0.3, 0.4) is 0 Å². The Labute approximate surface area is 155 Å². The van der Waals surface area contributed by atoms with Crippen LogP contribution in [0.5, 0.6) is 0 Å². The highest BCUT2D eigenvalue weighted by Crippen LogP contribution is 2.25. The van der Waals surface area contributed by atoms with Gasteiger partial charge < -0.3 is 20.6 Å². The number of fused-ring (bicyclic) bond motifs is 1. The van der Waals surface area contributed by atoms with E-state index in [0.717, 1.165) is 0 Å². The van der Waals surface area contributed by atoms with E-state index in [1.807, 2.05) is 0 Å². The van der Waals surface area contributed by atoms with Crippen LogP contribution in [0.15, 0.2) is 24.3 Å². The average Bonchev–Trinajstić information content (AvgIpc) is 3.01. The molecule has 0 spiro atoms. The number of carbonyl (C=O) groups excluding carboxylic acids is 2. The number of hydrogen-bond donors (Lipinski definition) is 3. The Balaban J connectivity index is 1.59. The molecule has 2 fully saturated rings. The highest BCUT2D eigenvalue weighted by molar-refractivity contribution is 5.97. The maximum absolute atomic E-state index is 12.5. The summed E-state index contributed by atoms with van der Waals surface area (Å²) in [5, 5.41) is 15.8. The molecule has 3 rings (SSSR count). The quantitative estimate of drug-likeness (QED) is 0.747.